The number of alkyl carbamates (subject to hydrolysis) is 1. The molecule has 0 aromatic heterocycles. The molecule has 2 heterocycles. The Hall–Kier alpha value is -2.03. The molecule has 5 N–H and O–H groups in total. The third-order valence-corrected chi connectivity index (χ3v) is 8.70. The molecule has 1 amide bonds. The lowest BCUT2D eigenvalue weighted by atomic mass is 10.1. The van der Waals surface area contributed by atoms with E-state index in [0.717, 1.165) is 19.4 Å². The number of carbonyl (C=O) groups is 1. The van der Waals surface area contributed by atoms with Crippen molar-refractivity contribution in [3.05, 3.63) is 59.7 Å². The van der Waals surface area contributed by atoms with Crippen molar-refractivity contribution in [3.63, 3.8) is 0 Å². The number of amides is 1. The van der Waals surface area contributed by atoms with Gasteiger partial charge in [0.15, 0.2) is 0 Å². The van der Waals surface area contributed by atoms with Crippen LogP contribution in [0.15, 0.2) is 48.5 Å². The predicted molar refractivity (Wildman–Crippen MR) is 172 cm³/mol. The highest BCUT2D eigenvalue weighted by Gasteiger charge is 2.16. The predicted octanol–water partition coefficient (Wildman–Crippen LogP) is 6.56. The largest absolute Gasteiger partial charge is 0.444 e. The van der Waals surface area contributed by atoms with E-state index in [-0.39, 0.29) is 6.09 Å². The molecular formula is C31H48N4O2S2. The minimum absolute atomic E-state index is 0.356. The van der Waals surface area contributed by atoms with Crippen molar-refractivity contribution in [1.82, 2.24) is 5.32 Å². The number of nitrogens with one attached hydrogen (secondary N) is 3. The first kappa shape index (κ1) is 31.5. The van der Waals surface area contributed by atoms with Gasteiger partial charge in [0.1, 0.15) is 5.60 Å². The molecule has 2 aromatic carbocycles. The van der Waals surface area contributed by atoms with Gasteiger partial charge in [-0.1, -0.05) is 24.3 Å². The van der Waals surface area contributed by atoms with Crippen LogP contribution in [0.5, 0.6) is 0 Å². The smallest absolute Gasteiger partial charge is 0.407 e. The van der Waals surface area contributed by atoms with Gasteiger partial charge in [0, 0.05) is 30.0 Å². The molecule has 0 spiro atoms. The Kier molecular flexibility index (Phi) is 13.7. The van der Waals surface area contributed by atoms with Crippen molar-refractivity contribution < 1.29 is 9.53 Å². The molecule has 2 fully saturated rings. The van der Waals surface area contributed by atoms with E-state index in [1.54, 1.807) is 0 Å². The van der Waals surface area contributed by atoms with Crippen molar-refractivity contribution >= 4 is 41.0 Å². The van der Waals surface area contributed by atoms with Gasteiger partial charge in [-0.15, -0.1) is 0 Å². The van der Waals surface area contributed by atoms with Crippen molar-refractivity contribution in [1.29, 1.82) is 0 Å². The van der Waals surface area contributed by atoms with Crippen molar-refractivity contribution in [2.45, 2.75) is 77.0 Å². The summed E-state index contributed by atoms with van der Waals surface area (Å²) in [5, 5.41) is 10.00. The van der Waals surface area contributed by atoms with Gasteiger partial charge in [0.05, 0.1) is 0 Å². The maximum absolute atomic E-state index is 11.6. The van der Waals surface area contributed by atoms with E-state index in [1.165, 1.54) is 71.2 Å². The number of carbonyl (C=O) groups excluding carboxylic acids is 1. The monoisotopic (exact) mass is 572 g/mol. The summed E-state index contributed by atoms with van der Waals surface area (Å²) in [6, 6.07) is 18.5. The van der Waals surface area contributed by atoms with Gasteiger partial charge in [-0.2, -0.15) is 23.5 Å². The minimum Gasteiger partial charge on any atom is -0.444 e. The second-order valence-corrected chi connectivity index (χ2v) is 13.6. The quantitative estimate of drug-likeness (QED) is 0.271. The summed E-state index contributed by atoms with van der Waals surface area (Å²) in [6.45, 7) is 6.91. The van der Waals surface area contributed by atoms with Crippen LogP contribution in [0.1, 0.15) is 57.6 Å². The zero-order valence-electron chi connectivity index (χ0n) is 24.0. The van der Waals surface area contributed by atoms with E-state index < -0.39 is 5.60 Å². The third-order valence-electron chi connectivity index (χ3n) is 6.61. The molecule has 2 aliphatic heterocycles. The average Bonchev–Trinajstić information content (AvgIpc) is 2.92. The van der Waals surface area contributed by atoms with Crippen molar-refractivity contribution in [2.24, 2.45) is 5.73 Å². The molecular weight excluding hydrogens is 525 g/mol. The van der Waals surface area contributed by atoms with Crippen LogP contribution in [0.3, 0.4) is 0 Å². The highest BCUT2D eigenvalue weighted by molar-refractivity contribution is 7.99. The number of hydrogen-bond donors (Lipinski definition) is 4. The van der Waals surface area contributed by atoms with Crippen LogP contribution in [0, 0.1) is 0 Å². The Morgan fingerprint density at radius 1 is 0.795 bits per heavy atom. The molecule has 0 aliphatic carbocycles. The fourth-order valence-electron chi connectivity index (χ4n) is 4.48. The molecule has 6 nitrogen and oxygen atoms in total. The normalized spacial score (nSPS) is 16.5. The van der Waals surface area contributed by atoms with E-state index >= 15 is 0 Å². The highest BCUT2D eigenvalue weighted by atomic mass is 32.2. The topological polar surface area (TPSA) is 88.4 Å². The summed E-state index contributed by atoms with van der Waals surface area (Å²) in [6.07, 6.45) is 6.48. The van der Waals surface area contributed by atoms with Crippen LogP contribution in [-0.4, -0.2) is 59.9 Å². The van der Waals surface area contributed by atoms with Gasteiger partial charge < -0.3 is 26.4 Å². The Morgan fingerprint density at radius 3 is 1.64 bits per heavy atom. The molecule has 8 heteroatoms. The van der Waals surface area contributed by atoms with E-state index in [4.69, 9.17) is 10.5 Å². The fraction of sp³-hybridized carbons (Fsp3) is 0.581. The van der Waals surface area contributed by atoms with Gasteiger partial charge >= 0.3 is 6.09 Å². The molecule has 4 rings (SSSR count). The van der Waals surface area contributed by atoms with E-state index in [1.807, 2.05) is 32.5 Å². The third kappa shape index (κ3) is 13.3. The number of hydrogen-bond acceptors (Lipinski definition) is 7. The molecule has 2 aliphatic rings. The standard InChI is InChI=1S/C18H28N2O2S.C13H20N2S/c1-18(2,3)22-17(21)19-11-8-14-4-6-15(7-5-14)20-16-9-12-23-13-10-16;14-8-5-11-1-3-12(4-2-11)15-13-6-9-16-10-7-13/h4-7,16,20H,8-13H2,1-3H3,(H,19,21);1-4,13,15H,5-10,14H2. The minimum atomic E-state index is -0.449. The fourth-order valence-corrected chi connectivity index (χ4v) is 6.69. The highest BCUT2D eigenvalue weighted by Crippen LogP contribution is 2.22. The number of thioether (sulfide) groups is 2. The number of rotatable bonds is 9. The van der Waals surface area contributed by atoms with Crippen LogP contribution in [0.2, 0.25) is 0 Å². The lowest BCUT2D eigenvalue weighted by Gasteiger charge is -2.23. The molecule has 0 saturated carbocycles. The maximum atomic E-state index is 11.6. The van der Waals surface area contributed by atoms with Crippen LogP contribution >= 0.6 is 23.5 Å². The summed E-state index contributed by atoms with van der Waals surface area (Å²) in [5.41, 5.74) is 10.1. The lowest BCUT2D eigenvalue weighted by molar-refractivity contribution is 0.0528. The molecule has 39 heavy (non-hydrogen) atoms. The number of nitrogens with two attached hydrogens (primary N) is 1. The Labute approximate surface area is 244 Å². The number of benzene rings is 2. The lowest BCUT2D eigenvalue weighted by Crippen LogP contribution is -2.33. The van der Waals surface area contributed by atoms with Crippen LogP contribution in [0.4, 0.5) is 16.2 Å². The first-order valence-corrected chi connectivity index (χ1v) is 16.6. The molecule has 2 aromatic rings. The molecule has 0 unspecified atom stereocenters. The second-order valence-electron chi connectivity index (χ2n) is 11.2. The second kappa shape index (κ2) is 16.9. The Balaban J connectivity index is 0.000000230. The van der Waals surface area contributed by atoms with E-state index in [9.17, 15) is 4.79 Å². The van der Waals surface area contributed by atoms with E-state index in [2.05, 4.69) is 76.2 Å². The summed E-state index contributed by atoms with van der Waals surface area (Å²) in [5.74, 6) is 5.10. The van der Waals surface area contributed by atoms with Gasteiger partial charge in [-0.25, -0.2) is 4.79 Å². The van der Waals surface area contributed by atoms with Gasteiger partial charge in [-0.05, 0) is 124 Å². The zero-order valence-corrected chi connectivity index (χ0v) is 25.6. The Morgan fingerprint density at radius 2 is 1.23 bits per heavy atom. The molecule has 0 atom stereocenters. The van der Waals surface area contributed by atoms with Crippen LogP contribution in [0.25, 0.3) is 0 Å². The summed E-state index contributed by atoms with van der Waals surface area (Å²) in [7, 11) is 0. The first-order valence-electron chi connectivity index (χ1n) is 14.3. The maximum Gasteiger partial charge on any atom is 0.407 e. The average molecular weight is 573 g/mol. The molecule has 0 radical (unpaired) electrons. The first-order chi connectivity index (χ1) is 18.8. The molecule has 216 valence electrons. The zero-order chi connectivity index (χ0) is 27.9. The van der Waals surface area contributed by atoms with Crippen molar-refractivity contribution in [3.8, 4) is 0 Å². The summed E-state index contributed by atoms with van der Waals surface area (Å²) in [4.78, 5) is 11.6. The molecule has 0 bridgehead atoms. The van der Waals surface area contributed by atoms with Crippen molar-refractivity contribution in [2.75, 3.05) is 46.7 Å². The van der Waals surface area contributed by atoms with Gasteiger partial charge in [0.2, 0.25) is 0 Å². The van der Waals surface area contributed by atoms with E-state index in [0.29, 0.717) is 18.6 Å². The number of anilines is 2. The Bertz CT molecular complexity index is 952. The van der Waals surface area contributed by atoms with Crippen LogP contribution < -0.4 is 21.7 Å². The van der Waals surface area contributed by atoms with Gasteiger partial charge in [0.25, 0.3) is 0 Å². The summed E-state index contributed by atoms with van der Waals surface area (Å²) >= 11 is 4.11. The van der Waals surface area contributed by atoms with Gasteiger partial charge in [-0.3, -0.25) is 0 Å². The molecule has 2 saturated heterocycles. The SMILES string of the molecule is CC(C)(C)OC(=O)NCCc1ccc(NC2CCSCC2)cc1.NCCc1ccc(NC2CCSCC2)cc1. The van der Waals surface area contributed by atoms with Crippen LogP contribution in [-0.2, 0) is 17.6 Å². The number of ether oxygens (including phenoxy) is 1. The summed E-state index contributed by atoms with van der Waals surface area (Å²) < 4.78 is 5.22.